The van der Waals surface area contributed by atoms with Gasteiger partial charge >= 0.3 is 0 Å². The highest BCUT2D eigenvalue weighted by atomic mass is 32.2. The van der Waals surface area contributed by atoms with E-state index in [0.29, 0.717) is 30.9 Å². The average molecular weight is 578 g/mol. The Morgan fingerprint density at radius 1 is 1.02 bits per heavy atom. The third kappa shape index (κ3) is 7.05. The van der Waals surface area contributed by atoms with E-state index in [0.717, 1.165) is 36.1 Å². The first-order valence-corrected chi connectivity index (χ1v) is 15.6. The number of benzene rings is 2. The maximum atomic E-state index is 13.4. The molecule has 1 aromatic heterocycles. The van der Waals surface area contributed by atoms with Crippen molar-refractivity contribution in [2.24, 2.45) is 11.3 Å². The highest BCUT2D eigenvalue weighted by molar-refractivity contribution is 7.92. The van der Waals surface area contributed by atoms with Crippen LogP contribution in [0.1, 0.15) is 51.2 Å². The lowest BCUT2D eigenvalue weighted by Crippen LogP contribution is -2.49. The Labute approximate surface area is 242 Å². The molecule has 1 amide bonds. The zero-order valence-electron chi connectivity index (χ0n) is 24.4. The normalized spacial score (nSPS) is 20.8. The summed E-state index contributed by atoms with van der Waals surface area (Å²) in [6.07, 6.45) is 2.30. The fourth-order valence-corrected chi connectivity index (χ4v) is 6.63. The van der Waals surface area contributed by atoms with Gasteiger partial charge < -0.3 is 10.1 Å². The zero-order chi connectivity index (χ0) is 29.4. The van der Waals surface area contributed by atoms with Crippen LogP contribution < -0.4 is 14.8 Å². The number of nitrogens with one attached hydrogen (secondary N) is 2. The molecule has 0 unspecified atom stereocenters. The second-order valence-corrected chi connectivity index (χ2v) is 14.1. The van der Waals surface area contributed by atoms with E-state index in [4.69, 9.17) is 4.74 Å². The van der Waals surface area contributed by atoms with E-state index in [-0.39, 0.29) is 40.1 Å². The Morgan fingerprint density at radius 3 is 2.49 bits per heavy atom. The van der Waals surface area contributed by atoms with Gasteiger partial charge in [-0.1, -0.05) is 45.0 Å². The lowest BCUT2D eigenvalue weighted by molar-refractivity contribution is -0.123. The van der Waals surface area contributed by atoms with E-state index < -0.39 is 10.0 Å². The molecule has 218 valence electrons. The maximum absolute atomic E-state index is 13.4. The highest BCUT2D eigenvalue weighted by Crippen LogP contribution is 2.32. The Morgan fingerprint density at radius 2 is 1.76 bits per heavy atom. The number of fused-ring (bicyclic) bond motifs is 6. The van der Waals surface area contributed by atoms with Crippen LogP contribution in [-0.2, 0) is 14.8 Å². The molecule has 10 heteroatoms. The van der Waals surface area contributed by atoms with Crippen LogP contribution in [0.4, 0.5) is 11.6 Å². The molecule has 3 aromatic rings. The van der Waals surface area contributed by atoms with E-state index in [1.165, 1.54) is 12.1 Å². The fourth-order valence-electron chi connectivity index (χ4n) is 5.64. The largest absolute Gasteiger partial charge is 0.473 e. The summed E-state index contributed by atoms with van der Waals surface area (Å²) in [6.45, 7) is 12.8. The van der Waals surface area contributed by atoms with Crippen molar-refractivity contribution < 1.29 is 17.9 Å². The van der Waals surface area contributed by atoms with E-state index >= 15 is 0 Å². The monoisotopic (exact) mass is 577 g/mol. The zero-order valence-corrected chi connectivity index (χ0v) is 25.2. The standard InChI is InChI=1S/C31H39N5O4S/c1-20-9-6-10-21(2)28(20)26-17-27-34-30(33-26)35-41(38,39)25-12-7-11-23(16-25)32-29(37)22-15-24(40-27)19-36(18-22)14-8-13-31(3,4)5/h6-7,9-12,16-17,22,24H,8,13-15,18-19H2,1-5H3,(H,32,37)(H,33,34,35)/t22-,24+/m1/s1. The van der Waals surface area contributed by atoms with Gasteiger partial charge in [-0.05, 0) is 74.4 Å². The topological polar surface area (TPSA) is 114 Å². The number of likely N-dealkylation sites (tertiary alicyclic amines) is 1. The summed E-state index contributed by atoms with van der Waals surface area (Å²) < 4.78 is 35.7. The second-order valence-electron chi connectivity index (χ2n) is 12.4. The molecule has 1 saturated heterocycles. The quantitative estimate of drug-likeness (QED) is 0.426. The Bertz CT molecular complexity index is 1530. The predicted molar refractivity (Wildman–Crippen MR) is 160 cm³/mol. The van der Waals surface area contributed by atoms with Gasteiger partial charge in [0.1, 0.15) is 6.10 Å². The van der Waals surface area contributed by atoms with Crippen molar-refractivity contribution >= 4 is 27.6 Å². The van der Waals surface area contributed by atoms with Gasteiger partial charge in [-0.3, -0.25) is 9.69 Å². The summed E-state index contributed by atoms with van der Waals surface area (Å²) in [6, 6.07) is 14.0. The van der Waals surface area contributed by atoms with Gasteiger partial charge in [0.25, 0.3) is 10.0 Å². The van der Waals surface area contributed by atoms with Gasteiger partial charge in [-0.2, -0.15) is 4.98 Å². The van der Waals surface area contributed by atoms with Crippen molar-refractivity contribution in [3.63, 3.8) is 0 Å². The smallest absolute Gasteiger partial charge is 0.264 e. The van der Waals surface area contributed by atoms with Crippen LogP contribution in [0, 0.1) is 25.2 Å². The van der Waals surface area contributed by atoms with E-state index in [1.807, 2.05) is 32.0 Å². The SMILES string of the molecule is Cc1cccc(C)c1-c1cc2nc(n1)NS(=O)(=O)c1cccc(c1)NC(=O)[C@@H]1C[C@@H](CN(CCCC(C)(C)C)C1)O2. The van der Waals surface area contributed by atoms with Crippen LogP contribution in [0.25, 0.3) is 11.3 Å². The summed E-state index contributed by atoms with van der Waals surface area (Å²) in [4.78, 5) is 24.8. The molecule has 2 atom stereocenters. The molecule has 0 spiro atoms. The van der Waals surface area contributed by atoms with Crippen LogP contribution in [0.5, 0.6) is 5.88 Å². The van der Waals surface area contributed by atoms with Gasteiger partial charge in [-0.15, -0.1) is 0 Å². The van der Waals surface area contributed by atoms with E-state index in [2.05, 4.69) is 45.7 Å². The number of ether oxygens (including phenoxy) is 1. The number of amides is 1. The van der Waals surface area contributed by atoms with Crippen LogP contribution >= 0.6 is 0 Å². The summed E-state index contributed by atoms with van der Waals surface area (Å²) in [5, 5.41) is 2.94. The number of rotatable bonds is 4. The third-order valence-corrected chi connectivity index (χ3v) is 8.95. The molecule has 5 rings (SSSR count). The molecule has 6 bridgehead atoms. The van der Waals surface area contributed by atoms with Crippen molar-refractivity contribution in [3.05, 3.63) is 59.7 Å². The Balaban J connectivity index is 1.56. The van der Waals surface area contributed by atoms with Gasteiger partial charge in [-0.25, -0.2) is 18.1 Å². The van der Waals surface area contributed by atoms with E-state index in [9.17, 15) is 13.2 Å². The van der Waals surface area contributed by atoms with Crippen LogP contribution in [0.3, 0.4) is 0 Å². The van der Waals surface area contributed by atoms with Crippen molar-refractivity contribution in [3.8, 4) is 17.1 Å². The minimum Gasteiger partial charge on any atom is -0.473 e. The highest BCUT2D eigenvalue weighted by Gasteiger charge is 2.34. The lowest BCUT2D eigenvalue weighted by Gasteiger charge is -2.37. The van der Waals surface area contributed by atoms with Crippen molar-refractivity contribution in [2.75, 3.05) is 29.7 Å². The van der Waals surface area contributed by atoms with Gasteiger partial charge in [0, 0.05) is 30.4 Å². The first kappa shape index (κ1) is 29.0. The number of piperidine rings is 1. The number of nitrogens with zero attached hydrogens (tertiary/aromatic N) is 3. The van der Waals surface area contributed by atoms with Gasteiger partial charge in [0.2, 0.25) is 17.7 Å². The molecule has 2 aliphatic rings. The van der Waals surface area contributed by atoms with E-state index in [1.54, 1.807) is 18.2 Å². The molecule has 9 nitrogen and oxygen atoms in total. The molecule has 0 saturated carbocycles. The Hall–Kier alpha value is -3.50. The number of anilines is 2. The van der Waals surface area contributed by atoms with Crippen LogP contribution in [-0.4, -0.2) is 54.9 Å². The Kier molecular flexibility index (Phi) is 8.07. The minimum absolute atomic E-state index is 0.00114. The molecule has 2 aliphatic heterocycles. The maximum Gasteiger partial charge on any atom is 0.264 e. The molecular weight excluding hydrogens is 538 g/mol. The average Bonchev–Trinajstić information content (AvgIpc) is 2.87. The second kappa shape index (κ2) is 11.4. The first-order valence-electron chi connectivity index (χ1n) is 14.1. The number of hydrogen-bond donors (Lipinski definition) is 2. The van der Waals surface area contributed by atoms with Crippen molar-refractivity contribution in [1.29, 1.82) is 0 Å². The molecule has 1 fully saturated rings. The van der Waals surface area contributed by atoms with Crippen molar-refractivity contribution in [2.45, 2.75) is 64.9 Å². The molecule has 2 aromatic carbocycles. The molecule has 3 heterocycles. The molecule has 0 aliphatic carbocycles. The fraction of sp³-hybridized carbons (Fsp3) is 0.452. The lowest BCUT2D eigenvalue weighted by atomic mass is 9.90. The van der Waals surface area contributed by atoms with Gasteiger partial charge in [0.15, 0.2) is 0 Å². The van der Waals surface area contributed by atoms with Crippen LogP contribution in [0.15, 0.2) is 53.4 Å². The van der Waals surface area contributed by atoms with Crippen molar-refractivity contribution in [1.82, 2.24) is 14.9 Å². The molecule has 41 heavy (non-hydrogen) atoms. The predicted octanol–water partition coefficient (Wildman–Crippen LogP) is 5.41. The molecule has 0 radical (unpaired) electrons. The van der Waals surface area contributed by atoms with Crippen LogP contribution in [0.2, 0.25) is 0 Å². The third-order valence-electron chi connectivity index (χ3n) is 7.62. The molecular formula is C31H39N5O4S. The van der Waals surface area contributed by atoms with Gasteiger partial charge in [0.05, 0.1) is 16.5 Å². The minimum atomic E-state index is -4.04. The summed E-state index contributed by atoms with van der Waals surface area (Å²) >= 11 is 0. The number of carbonyl (C=O) groups is 1. The number of aromatic nitrogens is 2. The summed E-state index contributed by atoms with van der Waals surface area (Å²) in [5.41, 5.74) is 4.12. The molecule has 2 N–H and O–H groups in total. The first-order chi connectivity index (χ1) is 19.4. The number of sulfonamides is 1. The number of carbonyl (C=O) groups excluding carboxylic acids is 1. The number of hydrogen-bond acceptors (Lipinski definition) is 7. The number of aryl methyl sites for hydroxylation is 2. The summed E-state index contributed by atoms with van der Waals surface area (Å²) in [5.74, 6) is -0.287. The summed E-state index contributed by atoms with van der Waals surface area (Å²) in [7, 11) is -4.04.